The highest BCUT2D eigenvalue weighted by molar-refractivity contribution is 5.97. The third kappa shape index (κ3) is 3.93. The number of carbonyl (C=O) groups is 1. The Morgan fingerprint density at radius 1 is 1.10 bits per heavy atom. The van der Waals surface area contributed by atoms with Gasteiger partial charge in [0, 0.05) is 5.56 Å². The zero-order chi connectivity index (χ0) is 14.4. The lowest BCUT2D eigenvalue weighted by atomic mass is 10.1. The van der Waals surface area contributed by atoms with Crippen molar-refractivity contribution in [2.45, 2.75) is 13.5 Å². The van der Waals surface area contributed by atoms with Gasteiger partial charge in [-0.25, -0.2) is 0 Å². The van der Waals surface area contributed by atoms with Crippen molar-refractivity contribution >= 4 is 5.78 Å². The number of rotatable bonds is 6. The van der Waals surface area contributed by atoms with E-state index in [0.29, 0.717) is 12.2 Å². The van der Waals surface area contributed by atoms with Gasteiger partial charge in [-0.15, -0.1) is 0 Å². The lowest BCUT2D eigenvalue weighted by Crippen LogP contribution is -2.09. The molecule has 0 amide bonds. The van der Waals surface area contributed by atoms with E-state index in [1.165, 1.54) is 0 Å². The molecule has 0 saturated heterocycles. The van der Waals surface area contributed by atoms with Crippen LogP contribution in [0.2, 0.25) is 0 Å². The average Bonchev–Trinajstić information content (AvgIpc) is 2.47. The van der Waals surface area contributed by atoms with E-state index in [0.717, 1.165) is 16.9 Å². The van der Waals surface area contributed by atoms with Gasteiger partial charge in [-0.2, -0.15) is 0 Å². The minimum atomic E-state index is -0.00315. The Bertz CT molecular complexity index is 590. The topological polar surface area (TPSA) is 35.5 Å². The Balaban J connectivity index is 1.88. The van der Waals surface area contributed by atoms with Crippen LogP contribution in [0, 0.1) is 6.92 Å². The number of ketones is 1. The molecule has 0 aromatic heterocycles. The first-order valence-corrected chi connectivity index (χ1v) is 6.49. The predicted octanol–water partition coefficient (Wildman–Crippen LogP) is 3.40. The second-order valence-electron chi connectivity index (χ2n) is 4.64. The summed E-state index contributed by atoms with van der Waals surface area (Å²) in [5, 5.41) is 0. The monoisotopic (exact) mass is 270 g/mol. The van der Waals surface area contributed by atoms with Crippen LogP contribution in [0.3, 0.4) is 0 Å². The molecule has 0 radical (unpaired) electrons. The molecule has 0 unspecified atom stereocenters. The van der Waals surface area contributed by atoms with Gasteiger partial charge in [-0.05, 0) is 30.7 Å². The number of methoxy groups -OCH3 is 1. The molecule has 3 nitrogen and oxygen atoms in total. The molecular formula is C17H18O3. The summed E-state index contributed by atoms with van der Waals surface area (Å²) < 4.78 is 10.6. The molecule has 0 aliphatic heterocycles. The van der Waals surface area contributed by atoms with Crippen molar-refractivity contribution in [2.24, 2.45) is 0 Å². The molecule has 0 saturated carbocycles. The Morgan fingerprint density at radius 2 is 1.90 bits per heavy atom. The van der Waals surface area contributed by atoms with Crippen molar-refractivity contribution in [3.8, 4) is 5.75 Å². The molecule has 20 heavy (non-hydrogen) atoms. The van der Waals surface area contributed by atoms with Crippen LogP contribution in [-0.2, 0) is 11.3 Å². The van der Waals surface area contributed by atoms with E-state index >= 15 is 0 Å². The second-order valence-corrected chi connectivity index (χ2v) is 4.64. The minimum Gasteiger partial charge on any atom is -0.497 e. The summed E-state index contributed by atoms with van der Waals surface area (Å²) in [6.07, 6.45) is 0. The average molecular weight is 270 g/mol. The van der Waals surface area contributed by atoms with Gasteiger partial charge in [0.25, 0.3) is 0 Å². The molecule has 0 fully saturated rings. The Kier molecular flexibility index (Phi) is 4.91. The quantitative estimate of drug-likeness (QED) is 0.755. The first kappa shape index (κ1) is 14.3. The third-order valence-corrected chi connectivity index (χ3v) is 2.98. The van der Waals surface area contributed by atoms with Crippen molar-refractivity contribution in [3.63, 3.8) is 0 Å². The van der Waals surface area contributed by atoms with Crippen molar-refractivity contribution < 1.29 is 14.3 Å². The predicted molar refractivity (Wildman–Crippen MR) is 78.2 cm³/mol. The van der Waals surface area contributed by atoms with E-state index in [1.807, 2.05) is 55.5 Å². The zero-order valence-electron chi connectivity index (χ0n) is 11.8. The van der Waals surface area contributed by atoms with Crippen LogP contribution in [0.5, 0.6) is 5.75 Å². The fourth-order valence-electron chi connectivity index (χ4n) is 1.93. The summed E-state index contributed by atoms with van der Waals surface area (Å²) >= 11 is 0. The highest BCUT2D eigenvalue weighted by Crippen LogP contribution is 2.13. The largest absolute Gasteiger partial charge is 0.497 e. The molecule has 0 atom stereocenters. The maximum absolute atomic E-state index is 12.0. The first-order valence-electron chi connectivity index (χ1n) is 6.49. The Labute approximate surface area is 119 Å². The van der Waals surface area contributed by atoms with Crippen molar-refractivity contribution in [2.75, 3.05) is 13.7 Å². The Hall–Kier alpha value is -2.13. The summed E-state index contributed by atoms with van der Waals surface area (Å²) in [6, 6.07) is 15.2. The van der Waals surface area contributed by atoms with Crippen LogP contribution in [0.25, 0.3) is 0 Å². The molecule has 0 aliphatic rings. The summed E-state index contributed by atoms with van der Waals surface area (Å²) in [5.74, 6) is 0.785. The highest BCUT2D eigenvalue weighted by atomic mass is 16.5. The van der Waals surface area contributed by atoms with E-state index in [2.05, 4.69) is 0 Å². The second kappa shape index (κ2) is 6.87. The minimum absolute atomic E-state index is 0.00315. The van der Waals surface area contributed by atoms with E-state index in [9.17, 15) is 4.79 Å². The van der Waals surface area contributed by atoms with E-state index in [1.54, 1.807) is 7.11 Å². The molecule has 104 valence electrons. The van der Waals surface area contributed by atoms with Crippen LogP contribution in [0.15, 0.2) is 48.5 Å². The number of benzene rings is 2. The normalized spacial score (nSPS) is 10.3. The van der Waals surface area contributed by atoms with Gasteiger partial charge < -0.3 is 9.47 Å². The standard InChI is InChI=1S/C17H18O3/c1-13-5-3-7-15(9-13)17(18)12-20-11-14-6-4-8-16(10-14)19-2/h3-10H,11-12H2,1-2H3. The molecule has 0 aliphatic carbocycles. The number of Topliss-reactive ketones (excluding diaryl/α,β-unsaturated/α-hetero) is 1. The fourth-order valence-corrected chi connectivity index (χ4v) is 1.93. The van der Waals surface area contributed by atoms with E-state index < -0.39 is 0 Å². The molecule has 0 bridgehead atoms. The summed E-state index contributed by atoms with van der Waals surface area (Å²) in [7, 11) is 1.63. The van der Waals surface area contributed by atoms with Crippen LogP contribution in [0.4, 0.5) is 0 Å². The molecule has 2 aromatic carbocycles. The van der Waals surface area contributed by atoms with Gasteiger partial charge in [-0.1, -0.05) is 35.9 Å². The summed E-state index contributed by atoms with van der Waals surface area (Å²) in [6.45, 7) is 2.45. The SMILES string of the molecule is COc1cccc(COCC(=O)c2cccc(C)c2)c1. The third-order valence-electron chi connectivity index (χ3n) is 2.98. The molecule has 0 N–H and O–H groups in total. The summed E-state index contributed by atoms with van der Waals surface area (Å²) in [4.78, 5) is 12.0. The fraction of sp³-hybridized carbons (Fsp3) is 0.235. The van der Waals surface area contributed by atoms with Crippen molar-refractivity contribution in [3.05, 3.63) is 65.2 Å². The smallest absolute Gasteiger partial charge is 0.188 e. The number of aryl methyl sites for hydroxylation is 1. The lowest BCUT2D eigenvalue weighted by Gasteiger charge is -2.06. The molecule has 2 aromatic rings. The van der Waals surface area contributed by atoms with Crippen LogP contribution in [-0.4, -0.2) is 19.5 Å². The Morgan fingerprint density at radius 3 is 2.65 bits per heavy atom. The van der Waals surface area contributed by atoms with Crippen LogP contribution in [0.1, 0.15) is 21.5 Å². The van der Waals surface area contributed by atoms with Gasteiger partial charge in [0.1, 0.15) is 12.4 Å². The number of hydrogen-bond acceptors (Lipinski definition) is 3. The maximum Gasteiger partial charge on any atom is 0.188 e. The molecule has 0 spiro atoms. The van der Waals surface area contributed by atoms with E-state index in [-0.39, 0.29) is 12.4 Å². The summed E-state index contributed by atoms with van der Waals surface area (Å²) in [5.41, 5.74) is 2.75. The molecular weight excluding hydrogens is 252 g/mol. The zero-order valence-corrected chi connectivity index (χ0v) is 11.8. The van der Waals surface area contributed by atoms with Crippen molar-refractivity contribution in [1.82, 2.24) is 0 Å². The van der Waals surface area contributed by atoms with Gasteiger partial charge in [0.05, 0.1) is 13.7 Å². The van der Waals surface area contributed by atoms with Gasteiger partial charge in [-0.3, -0.25) is 4.79 Å². The number of hydrogen-bond donors (Lipinski definition) is 0. The lowest BCUT2D eigenvalue weighted by molar-refractivity contribution is 0.0726. The maximum atomic E-state index is 12.0. The van der Waals surface area contributed by atoms with Gasteiger partial charge in [0.2, 0.25) is 0 Å². The van der Waals surface area contributed by atoms with E-state index in [4.69, 9.17) is 9.47 Å². The van der Waals surface area contributed by atoms with Crippen LogP contribution < -0.4 is 4.74 Å². The van der Waals surface area contributed by atoms with Gasteiger partial charge >= 0.3 is 0 Å². The molecule has 2 rings (SSSR count). The molecule has 3 heteroatoms. The number of carbonyl (C=O) groups excluding carboxylic acids is 1. The highest BCUT2D eigenvalue weighted by Gasteiger charge is 2.06. The number of ether oxygens (including phenoxy) is 2. The van der Waals surface area contributed by atoms with Gasteiger partial charge in [0.15, 0.2) is 5.78 Å². The van der Waals surface area contributed by atoms with Crippen LogP contribution >= 0.6 is 0 Å². The first-order chi connectivity index (χ1) is 9.69. The van der Waals surface area contributed by atoms with Crippen molar-refractivity contribution in [1.29, 1.82) is 0 Å². The molecule has 0 heterocycles.